The highest BCUT2D eigenvalue weighted by Gasteiger charge is 2.31. The zero-order valence-electron chi connectivity index (χ0n) is 14.7. The van der Waals surface area contributed by atoms with Crippen LogP contribution < -0.4 is 10.1 Å². The van der Waals surface area contributed by atoms with E-state index in [1.54, 1.807) is 11.6 Å². The van der Waals surface area contributed by atoms with Crippen LogP contribution in [0.4, 0.5) is 23.7 Å². The van der Waals surface area contributed by atoms with Crippen molar-refractivity contribution >= 4 is 22.8 Å². The Bertz CT molecular complexity index is 1080. The van der Waals surface area contributed by atoms with Gasteiger partial charge in [0.25, 0.3) is 0 Å². The lowest BCUT2D eigenvalue weighted by atomic mass is 10.00. The molecule has 7 nitrogen and oxygen atoms in total. The number of carbonyl (C=O) groups excluding carboxylic acids is 1. The van der Waals surface area contributed by atoms with Gasteiger partial charge in [0.2, 0.25) is 0 Å². The van der Waals surface area contributed by atoms with Crippen molar-refractivity contribution in [1.29, 1.82) is 5.26 Å². The predicted molar refractivity (Wildman–Crippen MR) is 93.6 cm³/mol. The van der Waals surface area contributed by atoms with Gasteiger partial charge in [-0.1, -0.05) is 12.1 Å². The van der Waals surface area contributed by atoms with Crippen LogP contribution in [0.5, 0.6) is 5.75 Å². The Kier molecular flexibility index (Phi) is 4.83. The molecule has 0 spiro atoms. The number of anilines is 1. The third kappa shape index (κ3) is 3.68. The summed E-state index contributed by atoms with van der Waals surface area (Å²) in [5, 5.41) is 12.0. The van der Waals surface area contributed by atoms with Crippen LogP contribution in [0.25, 0.3) is 22.2 Å². The van der Waals surface area contributed by atoms with Gasteiger partial charge < -0.3 is 14.0 Å². The second-order valence-corrected chi connectivity index (χ2v) is 5.70. The molecule has 0 atom stereocenters. The van der Waals surface area contributed by atoms with Gasteiger partial charge in [-0.15, -0.1) is 13.2 Å². The number of fused-ring (bicyclic) bond motifs is 1. The van der Waals surface area contributed by atoms with Crippen LogP contribution in [0, 0.1) is 11.3 Å². The summed E-state index contributed by atoms with van der Waals surface area (Å²) < 4.78 is 47.1. The average Bonchev–Trinajstić information content (AvgIpc) is 3.02. The molecule has 0 aliphatic heterocycles. The molecule has 3 rings (SSSR count). The maximum Gasteiger partial charge on any atom is 0.573 e. The van der Waals surface area contributed by atoms with Crippen LogP contribution in [0.15, 0.2) is 36.7 Å². The highest BCUT2D eigenvalue weighted by molar-refractivity contribution is 6.02. The lowest BCUT2D eigenvalue weighted by Gasteiger charge is -2.13. The van der Waals surface area contributed by atoms with E-state index >= 15 is 0 Å². The fraction of sp³-hybridized carbons (Fsp3) is 0.167. The average molecular weight is 390 g/mol. The van der Waals surface area contributed by atoms with Crippen LogP contribution in [0.2, 0.25) is 0 Å². The first kappa shape index (κ1) is 19.0. The molecule has 10 heteroatoms. The fourth-order valence-electron chi connectivity index (χ4n) is 2.76. The Hall–Kier alpha value is -3.74. The van der Waals surface area contributed by atoms with Gasteiger partial charge in [-0.05, 0) is 23.8 Å². The number of nitriles is 1. The van der Waals surface area contributed by atoms with E-state index in [2.05, 4.69) is 19.8 Å². The number of alkyl halides is 3. The molecule has 28 heavy (non-hydrogen) atoms. The van der Waals surface area contributed by atoms with Crippen molar-refractivity contribution in [2.75, 3.05) is 12.4 Å². The summed E-state index contributed by atoms with van der Waals surface area (Å²) in [6, 6.07) is 8.75. The third-order valence-corrected chi connectivity index (χ3v) is 3.92. The normalized spacial score (nSPS) is 11.1. The highest BCUT2D eigenvalue weighted by Crippen LogP contribution is 2.36. The highest BCUT2D eigenvalue weighted by atomic mass is 19.4. The number of methoxy groups -OCH3 is 1. The minimum Gasteiger partial charge on any atom is -0.453 e. The molecule has 0 radical (unpaired) electrons. The van der Waals surface area contributed by atoms with Crippen molar-refractivity contribution in [3.05, 3.63) is 42.2 Å². The number of aromatic nitrogens is 2. The number of ether oxygens (including phenoxy) is 2. The number of carbonyl (C=O) groups is 1. The zero-order valence-corrected chi connectivity index (χ0v) is 14.7. The fourth-order valence-corrected chi connectivity index (χ4v) is 2.76. The molecular formula is C18H13F3N4O3. The molecule has 1 N–H and O–H groups in total. The molecule has 2 aromatic carbocycles. The number of hydrogen-bond donors (Lipinski definition) is 1. The molecule has 0 aliphatic carbocycles. The minimum atomic E-state index is -4.79. The van der Waals surface area contributed by atoms with E-state index in [0.717, 1.165) is 0 Å². The molecule has 0 aliphatic rings. The molecule has 1 aromatic heterocycles. The quantitative estimate of drug-likeness (QED) is 0.724. The Labute approximate surface area is 156 Å². The summed E-state index contributed by atoms with van der Waals surface area (Å²) in [7, 11) is 2.87. The van der Waals surface area contributed by atoms with Crippen molar-refractivity contribution in [3.63, 3.8) is 0 Å². The largest absolute Gasteiger partial charge is 0.573 e. The van der Waals surface area contributed by atoms with E-state index in [-0.39, 0.29) is 17.0 Å². The standard InChI is InChI=1S/C18H13F3N4O3/c1-25-9-23-15-12(10-3-5-11(6-4-10)28-18(19,20)21)7-14(24-17(26)27-2)13(8-22)16(15)25/h3-7,9H,1-2H3,(H,24,26). The number of imidazole rings is 1. The summed E-state index contributed by atoms with van der Waals surface area (Å²) >= 11 is 0. The Balaban J connectivity index is 2.15. The first-order chi connectivity index (χ1) is 13.2. The summed E-state index contributed by atoms with van der Waals surface area (Å²) in [4.78, 5) is 15.9. The van der Waals surface area contributed by atoms with Crippen LogP contribution >= 0.6 is 0 Å². The van der Waals surface area contributed by atoms with Crippen molar-refractivity contribution in [2.45, 2.75) is 6.36 Å². The summed E-state index contributed by atoms with van der Waals surface area (Å²) in [6.07, 6.45) is -4.06. The SMILES string of the molecule is COC(=O)Nc1cc(-c2ccc(OC(F)(F)F)cc2)c2ncn(C)c2c1C#N. The van der Waals surface area contributed by atoms with Gasteiger partial charge in [0.15, 0.2) is 0 Å². The maximum absolute atomic E-state index is 12.3. The molecular weight excluding hydrogens is 377 g/mol. The van der Waals surface area contributed by atoms with Crippen molar-refractivity contribution < 1.29 is 27.4 Å². The predicted octanol–water partition coefficient (Wildman–Crippen LogP) is 4.19. The molecule has 144 valence electrons. The number of nitrogens with one attached hydrogen (secondary N) is 1. The molecule has 0 fully saturated rings. The smallest absolute Gasteiger partial charge is 0.453 e. The van der Waals surface area contributed by atoms with Gasteiger partial charge in [-0.2, -0.15) is 5.26 Å². The first-order valence-electron chi connectivity index (χ1n) is 7.82. The molecule has 3 aromatic rings. The Morgan fingerprint density at radius 2 is 1.96 bits per heavy atom. The second kappa shape index (κ2) is 7.11. The molecule has 0 saturated heterocycles. The Morgan fingerprint density at radius 1 is 1.29 bits per heavy atom. The number of benzene rings is 2. The number of hydrogen-bond acceptors (Lipinski definition) is 5. The summed E-state index contributed by atoms with van der Waals surface area (Å²) in [6.45, 7) is 0. The van der Waals surface area contributed by atoms with Gasteiger partial charge in [0, 0.05) is 12.6 Å². The van der Waals surface area contributed by atoms with Gasteiger partial charge in [0.05, 0.1) is 30.2 Å². The number of halogens is 3. The molecule has 0 saturated carbocycles. The van der Waals surface area contributed by atoms with Gasteiger partial charge in [0.1, 0.15) is 17.4 Å². The zero-order chi connectivity index (χ0) is 20.5. The van der Waals surface area contributed by atoms with E-state index in [0.29, 0.717) is 22.2 Å². The first-order valence-corrected chi connectivity index (χ1v) is 7.82. The number of aryl methyl sites for hydroxylation is 1. The van der Waals surface area contributed by atoms with Crippen molar-refractivity contribution in [2.24, 2.45) is 7.05 Å². The van der Waals surface area contributed by atoms with Gasteiger partial charge in [-0.25, -0.2) is 9.78 Å². The van der Waals surface area contributed by atoms with E-state index in [4.69, 9.17) is 0 Å². The lowest BCUT2D eigenvalue weighted by Crippen LogP contribution is -2.16. The number of amides is 1. The van der Waals surface area contributed by atoms with Gasteiger partial charge in [-0.3, -0.25) is 5.32 Å². The maximum atomic E-state index is 12.3. The Morgan fingerprint density at radius 3 is 2.54 bits per heavy atom. The molecule has 0 unspecified atom stereocenters. The van der Waals surface area contributed by atoms with E-state index in [1.165, 1.54) is 43.8 Å². The lowest BCUT2D eigenvalue weighted by molar-refractivity contribution is -0.274. The van der Waals surface area contributed by atoms with Crippen LogP contribution in [-0.4, -0.2) is 29.1 Å². The van der Waals surface area contributed by atoms with Crippen molar-refractivity contribution in [3.8, 4) is 22.9 Å². The molecule has 1 amide bonds. The number of rotatable bonds is 3. The third-order valence-electron chi connectivity index (χ3n) is 3.92. The summed E-state index contributed by atoms with van der Waals surface area (Å²) in [5.74, 6) is -0.366. The monoisotopic (exact) mass is 390 g/mol. The van der Waals surface area contributed by atoms with Crippen molar-refractivity contribution in [1.82, 2.24) is 9.55 Å². The van der Waals surface area contributed by atoms with Crippen LogP contribution in [0.3, 0.4) is 0 Å². The second-order valence-electron chi connectivity index (χ2n) is 5.70. The van der Waals surface area contributed by atoms with Crippen LogP contribution in [-0.2, 0) is 11.8 Å². The molecule has 1 heterocycles. The van der Waals surface area contributed by atoms with Crippen LogP contribution in [0.1, 0.15) is 5.56 Å². The molecule has 0 bridgehead atoms. The van der Waals surface area contributed by atoms with E-state index in [1.807, 2.05) is 6.07 Å². The minimum absolute atomic E-state index is 0.182. The topological polar surface area (TPSA) is 89.2 Å². The van der Waals surface area contributed by atoms with Gasteiger partial charge >= 0.3 is 12.5 Å². The van der Waals surface area contributed by atoms with E-state index in [9.17, 15) is 23.2 Å². The number of nitrogens with zero attached hydrogens (tertiary/aromatic N) is 3. The summed E-state index contributed by atoms with van der Waals surface area (Å²) in [5.41, 5.74) is 2.33. The van der Waals surface area contributed by atoms with E-state index < -0.39 is 12.5 Å².